The molecule has 0 radical (unpaired) electrons. The molecule has 0 aliphatic carbocycles. The highest BCUT2D eigenvalue weighted by atomic mass is 79.9. The third-order valence-electron chi connectivity index (χ3n) is 2.39. The average Bonchev–Trinajstić information content (AvgIpc) is 2.35. The molecule has 0 fully saturated rings. The van der Waals surface area contributed by atoms with Crippen LogP contribution in [0, 0.1) is 11.7 Å². The van der Waals surface area contributed by atoms with E-state index in [-0.39, 0.29) is 11.9 Å². The molecule has 102 valence electrons. The third-order valence-corrected chi connectivity index (χ3v) is 2.98. The molecule has 0 aliphatic heterocycles. The van der Waals surface area contributed by atoms with E-state index in [1.807, 2.05) is 6.07 Å². The van der Waals surface area contributed by atoms with Gasteiger partial charge < -0.3 is 9.47 Å². The maximum Gasteiger partial charge on any atom is 0.129 e. The van der Waals surface area contributed by atoms with Gasteiger partial charge in [0.05, 0.1) is 19.3 Å². The zero-order chi connectivity index (χ0) is 13.4. The lowest BCUT2D eigenvalue weighted by Crippen LogP contribution is -2.13. The summed E-state index contributed by atoms with van der Waals surface area (Å²) < 4.78 is 24.6. The normalized spacial score (nSPS) is 12.9. The van der Waals surface area contributed by atoms with E-state index in [4.69, 9.17) is 9.47 Å². The molecule has 1 aromatic rings. The first-order valence-electron chi connectivity index (χ1n) is 6.15. The summed E-state index contributed by atoms with van der Waals surface area (Å²) >= 11 is 3.35. The summed E-state index contributed by atoms with van der Waals surface area (Å²) in [5.41, 5.74) is 0.582. The van der Waals surface area contributed by atoms with Crippen molar-refractivity contribution in [2.24, 2.45) is 5.92 Å². The van der Waals surface area contributed by atoms with Crippen molar-refractivity contribution in [3.05, 3.63) is 35.6 Å². The molecule has 0 bridgehead atoms. The van der Waals surface area contributed by atoms with E-state index in [9.17, 15) is 4.39 Å². The Morgan fingerprint density at radius 3 is 2.56 bits per heavy atom. The van der Waals surface area contributed by atoms with Crippen molar-refractivity contribution in [1.82, 2.24) is 0 Å². The van der Waals surface area contributed by atoms with Crippen LogP contribution in [0.1, 0.15) is 25.5 Å². The van der Waals surface area contributed by atoms with Gasteiger partial charge in [0, 0.05) is 17.5 Å². The Kier molecular flexibility index (Phi) is 7.47. The molecule has 18 heavy (non-hydrogen) atoms. The first-order chi connectivity index (χ1) is 8.65. The average molecular weight is 319 g/mol. The predicted octanol–water partition coefficient (Wildman–Crippen LogP) is 3.95. The lowest BCUT2D eigenvalue weighted by Gasteiger charge is -2.16. The summed E-state index contributed by atoms with van der Waals surface area (Å²) in [7, 11) is 0. The van der Waals surface area contributed by atoms with Gasteiger partial charge in [-0.25, -0.2) is 4.39 Å². The molecule has 1 unspecified atom stereocenters. The fourth-order valence-corrected chi connectivity index (χ4v) is 2.06. The van der Waals surface area contributed by atoms with Crippen molar-refractivity contribution in [2.75, 3.05) is 25.2 Å². The number of benzene rings is 1. The Bertz CT molecular complexity index is 344. The number of halogens is 2. The zero-order valence-corrected chi connectivity index (χ0v) is 12.5. The Morgan fingerprint density at radius 1 is 1.22 bits per heavy atom. The second-order valence-electron chi connectivity index (χ2n) is 4.50. The fourth-order valence-electron chi connectivity index (χ4n) is 1.52. The first kappa shape index (κ1) is 15.6. The smallest absolute Gasteiger partial charge is 0.129 e. The quantitative estimate of drug-likeness (QED) is 0.533. The van der Waals surface area contributed by atoms with Crippen LogP contribution in [0.2, 0.25) is 0 Å². The molecule has 1 aromatic carbocycles. The van der Waals surface area contributed by atoms with Gasteiger partial charge in [0.15, 0.2) is 0 Å². The van der Waals surface area contributed by atoms with Crippen LogP contribution < -0.4 is 0 Å². The molecule has 1 rings (SSSR count). The summed E-state index contributed by atoms with van der Waals surface area (Å²) in [4.78, 5) is 0. The van der Waals surface area contributed by atoms with Crippen LogP contribution in [-0.4, -0.2) is 25.2 Å². The monoisotopic (exact) mass is 318 g/mol. The molecular formula is C14H20BrFO2. The van der Waals surface area contributed by atoms with Crippen molar-refractivity contribution in [1.29, 1.82) is 0 Å². The number of hydrogen-bond donors (Lipinski definition) is 0. The second kappa shape index (κ2) is 8.62. The number of hydrogen-bond acceptors (Lipinski definition) is 2. The molecule has 0 amide bonds. The van der Waals surface area contributed by atoms with Crippen LogP contribution >= 0.6 is 15.9 Å². The minimum atomic E-state index is -0.270. The Balaban J connectivity index is 2.36. The van der Waals surface area contributed by atoms with Gasteiger partial charge in [0.2, 0.25) is 0 Å². The minimum Gasteiger partial charge on any atom is -0.379 e. The summed E-state index contributed by atoms with van der Waals surface area (Å²) in [6.45, 7) is 5.93. The van der Waals surface area contributed by atoms with Gasteiger partial charge in [-0.3, -0.25) is 0 Å². The number of ether oxygens (including phenoxy) is 2. The number of rotatable bonds is 8. The molecule has 2 nitrogen and oxygen atoms in total. The lowest BCUT2D eigenvalue weighted by atomic mass is 10.1. The highest BCUT2D eigenvalue weighted by Crippen LogP contribution is 2.22. The van der Waals surface area contributed by atoms with Gasteiger partial charge in [0.25, 0.3) is 0 Å². The van der Waals surface area contributed by atoms with Crippen molar-refractivity contribution in [2.45, 2.75) is 20.0 Å². The van der Waals surface area contributed by atoms with E-state index >= 15 is 0 Å². The second-order valence-corrected chi connectivity index (χ2v) is 5.15. The van der Waals surface area contributed by atoms with Gasteiger partial charge in [-0.15, -0.1) is 0 Å². The Hall–Kier alpha value is -0.450. The van der Waals surface area contributed by atoms with E-state index in [0.29, 0.717) is 30.0 Å². The van der Waals surface area contributed by atoms with E-state index in [2.05, 4.69) is 29.8 Å². The molecule has 1 atom stereocenters. The van der Waals surface area contributed by atoms with Gasteiger partial charge in [-0.1, -0.05) is 48.0 Å². The van der Waals surface area contributed by atoms with Crippen molar-refractivity contribution in [3.63, 3.8) is 0 Å². The van der Waals surface area contributed by atoms with Crippen LogP contribution in [0.25, 0.3) is 0 Å². The topological polar surface area (TPSA) is 18.5 Å². The Labute approximate surface area is 117 Å². The summed E-state index contributed by atoms with van der Waals surface area (Å²) in [6, 6.07) is 6.68. The van der Waals surface area contributed by atoms with Crippen LogP contribution in [0.15, 0.2) is 24.3 Å². The maximum atomic E-state index is 13.6. The predicted molar refractivity (Wildman–Crippen MR) is 74.5 cm³/mol. The maximum absolute atomic E-state index is 13.6. The molecule has 0 aliphatic rings. The summed E-state index contributed by atoms with van der Waals surface area (Å²) in [5.74, 6) is 0.286. The van der Waals surface area contributed by atoms with E-state index in [1.165, 1.54) is 6.07 Å². The molecule has 4 heteroatoms. The van der Waals surface area contributed by atoms with Crippen LogP contribution in [-0.2, 0) is 9.47 Å². The zero-order valence-electron chi connectivity index (χ0n) is 10.9. The summed E-state index contributed by atoms with van der Waals surface area (Å²) in [6.07, 6.45) is -0.270. The first-order valence-corrected chi connectivity index (χ1v) is 7.27. The standard InChI is InChI=1S/C14H20BrFO2/c1-11(2)10-17-7-8-18-14(9-15)12-5-3-4-6-13(12)16/h3-6,11,14H,7-10H2,1-2H3. The van der Waals surface area contributed by atoms with Crippen LogP contribution in [0.4, 0.5) is 4.39 Å². The molecule has 0 saturated carbocycles. The molecule has 0 N–H and O–H groups in total. The van der Waals surface area contributed by atoms with Crippen molar-refractivity contribution >= 4 is 15.9 Å². The summed E-state index contributed by atoms with van der Waals surface area (Å²) in [5, 5.41) is 0.568. The molecule has 0 aromatic heterocycles. The van der Waals surface area contributed by atoms with E-state index < -0.39 is 0 Å². The third kappa shape index (κ3) is 5.46. The molecule has 0 heterocycles. The highest BCUT2D eigenvalue weighted by Gasteiger charge is 2.14. The Morgan fingerprint density at radius 2 is 1.94 bits per heavy atom. The molecule has 0 spiro atoms. The van der Waals surface area contributed by atoms with Crippen LogP contribution in [0.5, 0.6) is 0 Å². The minimum absolute atomic E-state index is 0.231. The van der Waals surface area contributed by atoms with Gasteiger partial charge in [-0.2, -0.15) is 0 Å². The largest absolute Gasteiger partial charge is 0.379 e. The van der Waals surface area contributed by atoms with Gasteiger partial charge in [-0.05, 0) is 12.0 Å². The van der Waals surface area contributed by atoms with Crippen molar-refractivity contribution < 1.29 is 13.9 Å². The van der Waals surface area contributed by atoms with Crippen LogP contribution in [0.3, 0.4) is 0 Å². The fraction of sp³-hybridized carbons (Fsp3) is 0.571. The van der Waals surface area contributed by atoms with Crippen molar-refractivity contribution in [3.8, 4) is 0 Å². The van der Waals surface area contributed by atoms with Gasteiger partial charge >= 0.3 is 0 Å². The van der Waals surface area contributed by atoms with E-state index in [0.717, 1.165) is 6.61 Å². The highest BCUT2D eigenvalue weighted by molar-refractivity contribution is 9.09. The molecular weight excluding hydrogens is 299 g/mol. The lowest BCUT2D eigenvalue weighted by molar-refractivity contribution is 0.00647. The molecule has 0 saturated heterocycles. The van der Waals surface area contributed by atoms with E-state index in [1.54, 1.807) is 12.1 Å². The SMILES string of the molecule is CC(C)COCCOC(CBr)c1ccccc1F. The van der Waals surface area contributed by atoms with Gasteiger partial charge in [0.1, 0.15) is 5.82 Å². The number of alkyl halides is 1.